The van der Waals surface area contributed by atoms with Crippen molar-refractivity contribution in [2.24, 2.45) is 0 Å². The Bertz CT molecular complexity index is 1110. The number of benzene rings is 1. The molecule has 3 rings (SSSR count). The van der Waals surface area contributed by atoms with Gasteiger partial charge in [0.1, 0.15) is 13.0 Å². The first kappa shape index (κ1) is 26.5. The minimum absolute atomic E-state index is 0.112. The Kier molecular flexibility index (Phi) is 9.81. The SMILES string of the molecule is CCOP(=O)(COCC(c1ccccc1)n1c(Br)nc2c(N)nc(OCCOC)nc21)OCC. The van der Waals surface area contributed by atoms with E-state index >= 15 is 0 Å². The van der Waals surface area contributed by atoms with Gasteiger partial charge in [-0.05, 0) is 35.3 Å². The Hall–Kier alpha value is -2.08. The second kappa shape index (κ2) is 12.6. The Balaban J connectivity index is 1.97. The van der Waals surface area contributed by atoms with Gasteiger partial charge in [-0.25, -0.2) is 4.98 Å². The fourth-order valence-electron chi connectivity index (χ4n) is 3.28. The molecule has 34 heavy (non-hydrogen) atoms. The summed E-state index contributed by atoms with van der Waals surface area (Å²) in [7, 11) is -1.79. The number of nitrogen functional groups attached to an aromatic ring is 1. The summed E-state index contributed by atoms with van der Waals surface area (Å²) in [6, 6.07) is 9.39. The molecule has 0 aliphatic heterocycles. The molecule has 0 saturated carbocycles. The average molecular weight is 558 g/mol. The van der Waals surface area contributed by atoms with E-state index in [2.05, 4.69) is 30.9 Å². The second-order valence-corrected chi connectivity index (χ2v) is 9.73. The highest BCUT2D eigenvalue weighted by Crippen LogP contribution is 2.48. The van der Waals surface area contributed by atoms with E-state index in [0.29, 0.717) is 22.5 Å². The quantitative estimate of drug-likeness (QED) is 0.176. The predicted octanol–water partition coefficient (Wildman–Crippen LogP) is 4.03. The van der Waals surface area contributed by atoms with Crippen LogP contribution in [0.3, 0.4) is 0 Å². The van der Waals surface area contributed by atoms with Crippen LogP contribution in [-0.4, -0.2) is 66.0 Å². The fourth-order valence-corrected chi connectivity index (χ4v) is 5.21. The van der Waals surface area contributed by atoms with Crippen LogP contribution in [0.15, 0.2) is 35.1 Å². The molecule has 1 atom stereocenters. The van der Waals surface area contributed by atoms with Crippen molar-refractivity contribution >= 4 is 40.5 Å². The van der Waals surface area contributed by atoms with Crippen LogP contribution in [0.4, 0.5) is 5.82 Å². The Labute approximate surface area is 206 Å². The maximum atomic E-state index is 12.8. The molecule has 0 spiro atoms. The number of imidazole rings is 1. The van der Waals surface area contributed by atoms with Crippen molar-refractivity contribution in [3.05, 3.63) is 40.6 Å². The Morgan fingerprint density at radius 1 is 1.09 bits per heavy atom. The normalized spacial score (nSPS) is 12.8. The zero-order valence-corrected chi connectivity index (χ0v) is 21.8. The summed E-state index contributed by atoms with van der Waals surface area (Å²) in [5.74, 6) is 0.182. The van der Waals surface area contributed by atoms with Gasteiger partial charge in [-0.3, -0.25) is 9.13 Å². The van der Waals surface area contributed by atoms with Crippen molar-refractivity contribution in [2.45, 2.75) is 19.9 Å². The number of methoxy groups -OCH3 is 1. The maximum Gasteiger partial charge on any atom is 0.356 e. The van der Waals surface area contributed by atoms with Crippen LogP contribution in [-0.2, 0) is 23.1 Å². The summed E-state index contributed by atoms with van der Waals surface area (Å²) in [5, 5.41) is 0. The summed E-state index contributed by atoms with van der Waals surface area (Å²) >= 11 is 3.52. The van der Waals surface area contributed by atoms with Crippen molar-refractivity contribution < 1.29 is 27.8 Å². The molecular formula is C21H29BrN5O6P. The number of rotatable bonds is 14. The van der Waals surface area contributed by atoms with Gasteiger partial charge < -0.3 is 29.0 Å². The van der Waals surface area contributed by atoms with Crippen LogP contribution >= 0.6 is 23.5 Å². The number of aromatic nitrogens is 4. The van der Waals surface area contributed by atoms with E-state index < -0.39 is 13.6 Å². The molecule has 0 bridgehead atoms. The summed E-state index contributed by atoms with van der Waals surface area (Å²) in [5.41, 5.74) is 7.94. The molecule has 0 fully saturated rings. The number of hydrogen-bond acceptors (Lipinski definition) is 10. The van der Waals surface area contributed by atoms with Gasteiger partial charge in [0.15, 0.2) is 21.7 Å². The third-order valence-corrected chi connectivity index (χ3v) is 7.06. The van der Waals surface area contributed by atoms with Crippen LogP contribution in [0.1, 0.15) is 25.5 Å². The van der Waals surface area contributed by atoms with E-state index in [0.717, 1.165) is 5.56 Å². The molecule has 3 aromatic rings. The van der Waals surface area contributed by atoms with Crippen molar-refractivity contribution in [1.82, 2.24) is 19.5 Å². The lowest BCUT2D eigenvalue weighted by atomic mass is 10.1. The lowest BCUT2D eigenvalue weighted by Crippen LogP contribution is -2.19. The zero-order chi connectivity index (χ0) is 24.6. The molecule has 2 aromatic heterocycles. The lowest BCUT2D eigenvalue weighted by Gasteiger charge is -2.23. The molecule has 0 aliphatic rings. The molecule has 0 radical (unpaired) electrons. The predicted molar refractivity (Wildman–Crippen MR) is 131 cm³/mol. The highest BCUT2D eigenvalue weighted by molar-refractivity contribution is 9.10. The van der Waals surface area contributed by atoms with Crippen molar-refractivity contribution in [3.8, 4) is 6.01 Å². The number of anilines is 1. The first-order valence-corrected chi connectivity index (χ1v) is 13.3. The Morgan fingerprint density at radius 2 is 1.79 bits per heavy atom. The van der Waals surface area contributed by atoms with Crippen LogP contribution < -0.4 is 10.5 Å². The molecule has 1 unspecified atom stereocenters. The molecule has 0 amide bonds. The van der Waals surface area contributed by atoms with Crippen molar-refractivity contribution in [3.63, 3.8) is 0 Å². The number of halogens is 1. The van der Waals surface area contributed by atoms with Gasteiger partial charge in [0.25, 0.3) is 0 Å². The third-order valence-electron chi connectivity index (χ3n) is 4.69. The highest BCUT2D eigenvalue weighted by Gasteiger charge is 2.27. The monoisotopic (exact) mass is 557 g/mol. The topological polar surface area (TPSA) is 133 Å². The highest BCUT2D eigenvalue weighted by atomic mass is 79.9. The fraction of sp³-hybridized carbons (Fsp3) is 0.476. The van der Waals surface area contributed by atoms with Crippen LogP contribution in [0.25, 0.3) is 11.2 Å². The standard InChI is InChI=1S/C21H29BrN5O6P/c1-4-32-34(28,33-5-2)14-30-13-16(15-9-7-6-8-10-15)27-19-17(24-20(27)22)18(23)25-21(26-19)31-12-11-29-3/h6-10,16H,4-5,11-14H2,1-3H3,(H2,23,25,26). The summed E-state index contributed by atoms with van der Waals surface area (Å²) in [6.45, 7) is 4.80. The summed E-state index contributed by atoms with van der Waals surface area (Å²) in [4.78, 5) is 13.2. The number of ether oxygens (including phenoxy) is 3. The summed E-state index contributed by atoms with van der Waals surface area (Å²) < 4.78 is 42.3. The van der Waals surface area contributed by atoms with Crippen LogP contribution in [0, 0.1) is 0 Å². The second-order valence-electron chi connectivity index (χ2n) is 7.03. The zero-order valence-electron chi connectivity index (χ0n) is 19.3. The third kappa shape index (κ3) is 6.53. The van der Waals surface area contributed by atoms with E-state index in [1.807, 2.05) is 34.9 Å². The smallest absolute Gasteiger partial charge is 0.356 e. The number of hydrogen-bond donors (Lipinski definition) is 1. The largest absolute Gasteiger partial charge is 0.461 e. The van der Waals surface area contributed by atoms with Gasteiger partial charge in [0, 0.05) is 7.11 Å². The van der Waals surface area contributed by atoms with Crippen LogP contribution in [0.2, 0.25) is 0 Å². The first-order chi connectivity index (χ1) is 16.4. The van der Waals surface area contributed by atoms with E-state index in [-0.39, 0.29) is 44.6 Å². The van der Waals surface area contributed by atoms with Gasteiger partial charge in [0.2, 0.25) is 0 Å². The Morgan fingerprint density at radius 3 is 2.44 bits per heavy atom. The van der Waals surface area contributed by atoms with Crippen molar-refractivity contribution in [1.29, 1.82) is 0 Å². The van der Waals surface area contributed by atoms with Gasteiger partial charge in [-0.1, -0.05) is 30.3 Å². The molecule has 2 heterocycles. The minimum Gasteiger partial charge on any atom is -0.461 e. The maximum absolute atomic E-state index is 12.8. The van der Waals surface area contributed by atoms with E-state index in [9.17, 15) is 4.57 Å². The molecular weight excluding hydrogens is 529 g/mol. The number of fused-ring (bicyclic) bond motifs is 1. The van der Waals surface area contributed by atoms with Crippen molar-refractivity contribution in [2.75, 3.05) is 52.2 Å². The summed E-state index contributed by atoms with van der Waals surface area (Å²) in [6.07, 6.45) is -0.190. The minimum atomic E-state index is -3.37. The lowest BCUT2D eigenvalue weighted by molar-refractivity contribution is 0.117. The molecule has 2 N–H and O–H groups in total. The molecule has 0 saturated heterocycles. The molecule has 186 valence electrons. The molecule has 11 nitrogen and oxygen atoms in total. The molecule has 0 aliphatic carbocycles. The van der Waals surface area contributed by atoms with Crippen LogP contribution in [0.5, 0.6) is 6.01 Å². The number of nitrogens with zero attached hydrogens (tertiary/aromatic N) is 4. The van der Waals surface area contributed by atoms with E-state index in [1.165, 1.54) is 0 Å². The van der Waals surface area contributed by atoms with E-state index in [4.69, 9.17) is 29.0 Å². The van der Waals surface area contributed by atoms with Gasteiger partial charge in [-0.15, -0.1) is 0 Å². The number of nitrogens with two attached hydrogens (primary N) is 1. The molecule has 13 heteroatoms. The van der Waals surface area contributed by atoms with Gasteiger partial charge >= 0.3 is 13.6 Å². The first-order valence-electron chi connectivity index (χ1n) is 10.8. The van der Waals surface area contributed by atoms with Gasteiger partial charge in [0.05, 0.1) is 32.5 Å². The van der Waals surface area contributed by atoms with E-state index in [1.54, 1.807) is 21.0 Å². The molecule has 1 aromatic carbocycles. The van der Waals surface area contributed by atoms with Gasteiger partial charge in [-0.2, -0.15) is 9.97 Å². The average Bonchev–Trinajstić information content (AvgIpc) is 3.14.